The third-order valence-corrected chi connectivity index (χ3v) is 6.15. The number of nitrogens with zero attached hydrogens (tertiary/aromatic N) is 1. The molecule has 0 radical (unpaired) electrons. The first kappa shape index (κ1) is 20.4. The van der Waals surface area contributed by atoms with Gasteiger partial charge in [-0.1, -0.05) is 44.6 Å². The van der Waals surface area contributed by atoms with Crippen LogP contribution < -0.4 is 4.74 Å². The fraction of sp³-hybridized carbons (Fsp3) is 0.417. The Morgan fingerprint density at radius 2 is 2.00 bits per heavy atom. The first-order chi connectivity index (χ1) is 13.3. The van der Waals surface area contributed by atoms with Crippen molar-refractivity contribution in [1.29, 1.82) is 0 Å². The molecule has 1 saturated carbocycles. The summed E-state index contributed by atoms with van der Waals surface area (Å²) in [7, 11) is 0.192. The van der Waals surface area contributed by atoms with E-state index in [2.05, 4.69) is 55.1 Å². The summed E-state index contributed by atoms with van der Waals surface area (Å²) in [6.07, 6.45) is 4.23. The average Bonchev–Trinajstić information content (AvgIpc) is 3.49. The fourth-order valence-electron chi connectivity index (χ4n) is 3.54. The Labute approximate surface area is 169 Å². The van der Waals surface area contributed by atoms with Crippen LogP contribution in [0.2, 0.25) is 19.6 Å². The van der Waals surface area contributed by atoms with Gasteiger partial charge in [-0.2, -0.15) is 0 Å². The molecule has 0 amide bonds. The maximum absolute atomic E-state index is 13.5. The molecule has 0 spiro atoms. The lowest BCUT2D eigenvalue weighted by atomic mass is 9.81. The number of carbonyl (C=O) groups excluding carboxylic acids is 1. The molecule has 28 heavy (non-hydrogen) atoms. The van der Waals surface area contributed by atoms with E-state index in [1.54, 1.807) is 13.3 Å². The smallest absolute Gasteiger partial charge is 0.152 e. The Morgan fingerprint density at radius 1 is 1.25 bits per heavy atom. The van der Waals surface area contributed by atoms with Crippen molar-refractivity contribution >= 4 is 13.9 Å². The summed E-state index contributed by atoms with van der Waals surface area (Å²) in [5, 5.41) is 0. The van der Waals surface area contributed by atoms with Crippen molar-refractivity contribution in [3.05, 3.63) is 59.4 Å². The van der Waals surface area contributed by atoms with E-state index in [1.807, 2.05) is 24.3 Å². The van der Waals surface area contributed by atoms with Crippen LogP contribution in [0.15, 0.2) is 42.6 Å². The largest absolute Gasteiger partial charge is 0.495 e. The zero-order valence-corrected chi connectivity index (χ0v) is 18.5. The molecule has 1 unspecified atom stereocenters. The second kappa shape index (κ2) is 7.93. The molecule has 0 N–H and O–H groups in total. The van der Waals surface area contributed by atoms with Crippen LogP contribution in [0.1, 0.15) is 48.9 Å². The molecule has 0 aliphatic heterocycles. The van der Waals surface area contributed by atoms with Gasteiger partial charge in [0, 0.05) is 11.5 Å². The highest BCUT2D eigenvalue weighted by Gasteiger charge is 2.54. The van der Waals surface area contributed by atoms with Gasteiger partial charge in [0.2, 0.25) is 0 Å². The van der Waals surface area contributed by atoms with E-state index in [0.29, 0.717) is 5.75 Å². The van der Waals surface area contributed by atoms with Crippen LogP contribution >= 0.6 is 0 Å². The molecule has 146 valence electrons. The van der Waals surface area contributed by atoms with Gasteiger partial charge in [-0.15, -0.1) is 5.54 Å². The van der Waals surface area contributed by atoms with Gasteiger partial charge in [-0.3, -0.25) is 9.78 Å². The molecule has 0 saturated heterocycles. The third kappa shape index (κ3) is 4.36. The van der Waals surface area contributed by atoms with Gasteiger partial charge in [0.25, 0.3) is 0 Å². The second-order valence-corrected chi connectivity index (χ2v) is 13.4. The van der Waals surface area contributed by atoms with Gasteiger partial charge < -0.3 is 4.74 Å². The van der Waals surface area contributed by atoms with Crippen molar-refractivity contribution in [2.75, 3.05) is 7.11 Å². The summed E-state index contributed by atoms with van der Waals surface area (Å²) in [5.41, 5.74) is 5.91. The van der Waals surface area contributed by atoms with Crippen molar-refractivity contribution in [1.82, 2.24) is 4.98 Å². The quantitative estimate of drug-likeness (QED) is 0.507. The summed E-state index contributed by atoms with van der Waals surface area (Å²) >= 11 is 0. The van der Waals surface area contributed by atoms with Crippen LogP contribution in [0.4, 0.5) is 0 Å². The maximum Gasteiger partial charge on any atom is 0.152 e. The highest BCUT2D eigenvalue weighted by molar-refractivity contribution is 6.83. The molecule has 1 aromatic heterocycles. The number of carbonyl (C=O) groups is 1. The molecule has 4 heteroatoms. The predicted molar refractivity (Wildman–Crippen MR) is 116 cm³/mol. The van der Waals surface area contributed by atoms with E-state index in [4.69, 9.17) is 4.74 Å². The normalized spacial score (nSPS) is 15.9. The molecule has 1 fully saturated rings. The van der Waals surface area contributed by atoms with Crippen molar-refractivity contribution in [2.45, 2.75) is 57.2 Å². The van der Waals surface area contributed by atoms with E-state index >= 15 is 0 Å². The average molecular weight is 392 g/mol. The lowest BCUT2D eigenvalue weighted by Crippen LogP contribution is -2.27. The summed E-state index contributed by atoms with van der Waals surface area (Å²) in [5.74, 6) is 4.19. The number of rotatable bonds is 6. The van der Waals surface area contributed by atoms with Crippen LogP contribution in [0.25, 0.3) is 0 Å². The third-order valence-electron chi connectivity index (χ3n) is 5.28. The van der Waals surface area contributed by atoms with Gasteiger partial charge in [-0.05, 0) is 49.1 Å². The number of ketones is 1. The van der Waals surface area contributed by atoms with Gasteiger partial charge >= 0.3 is 0 Å². The van der Waals surface area contributed by atoms with E-state index in [1.165, 1.54) is 0 Å². The lowest BCUT2D eigenvalue weighted by molar-refractivity contribution is -0.123. The second-order valence-electron chi connectivity index (χ2n) is 8.62. The number of benzene rings is 1. The Balaban J connectivity index is 1.88. The van der Waals surface area contributed by atoms with E-state index in [9.17, 15) is 4.79 Å². The van der Waals surface area contributed by atoms with Crippen molar-refractivity contribution in [2.24, 2.45) is 0 Å². The monoisotopic (exact) mass is 391 g/mol. The van der Waals surface area contributed by atoms with E-state index < -0.39 is 13.5 Å². The van der Waals surface area contributed by atoms with Gasteiger partial charge in [0.05, 0.1) is 24.4 Å². The standard InChI is InChI=1S/C24H29NO2Si/c1-6-21(19-9-7-8-18(16-19)12-15-28(3,4)5)23(26)24(13-14-24)22-11-10-20(27-2)17-25-22/h7-11,16-17,21H,6,13-14H2,1-5H3. The molecule has 3 rings (SSSR count). The zero-order chi connectivity index (χ0) is 20.4. The lowest BCUT2D eigenvalue weighted by Gasteiger charge is -2.21. The number of hydrogen-bond acceptors (Lipinski definition) is 3. The summed E-state index contributed by atoms with van der Waals surface area (Å²) in [6, 6.07) is 12.0. The van der Waals surface area contributed by atoms with Gasteiger partial charge in [0.1, 0.15) is 13.8 Å². The van der Waals surface area contributed by atoms with Gasteiger partial charge in [0.15, 0.2) is 5.78 Å². The molecule has 3 nitrogen and oxygen atoms in total. The first-order valence-electron chi connectivity index (χ1n) is 9.97. The summed E-state index contributed by atoms with van der Waals surface area (Å²) in [4.78, 5) is 18.1. The minimum Gasteiger partial charge on any atom is -0.495 e. The minimum atomic E-state index is -1.43. The Morgan fingerprint density at radius 3 is 2.54 bits per heavy atom. The number of aromatic nitrogens is 1. The Hall–Kier alpha value is -2.38. The van der Waals surface area contributed by atoms with Crippen LogP contribution in [0, 0.1) is 11.5 Å². The number of pyridine rings is 1. The minimum absolute atomic E-state index is 0.125. The topological polar surface area (TPSA) is 39.2 Å². The van der Waals surface area contributed by atoms with Crippen molar-refractivity contribution in [3.8, 4) is 17.2 Å². The molecular weight excluding hydrogens is 362 g/mol. The van der Waals surface area contributed by atoms with Crippen LogP contribution in [-0.2, 0) is 10.2 Å². The molecule has 0 bridgehead atoms. The van der Waals surface area contributed by atoms with Crippen molar-refractivity contribution < 1.29 is 9.53 Å². The number of hydrogen-bond donors (Lipinski definition) is 0. The van der Waals surface area contributed by atoms with Gasteiger partial charge in [-0.25, -0.2) is 0 Å². The molecule has 1 heterocycles. The molecule has 1 aliphatic carbocycles. The number of ether oxygens (including phenoxy) is 1. The Kier molecular flexibility index (Phi) is 5.76. The Bertz CT molecular complexity index is 912. The van der Waals surface area contributed by atoms with Crippen LogP contribution in [0.5, 0.6) is 5.75 Å². The molecule has 2 aromatic rings. The van der Waals surface area contributed by atoms with Crippen LogP contribution in [0.3, 0.4) is 0 Å². The zero-order valence-electron chi connectivity index (χ0n) is 17.5. The van der Waals surface area contributed by atoms with E-state index in [0.717, 1.165) is 36.1 Å². The van der Waals surface area contributed by atoms with Crippen LogP contribution in [-0.4, -0.2) is 26.0 Å². The first-order valence-corrected chi connectivity index (χ1v) is 13.5. The summed E-state index contributed by atoms with van der Waals surface area (Å²) in [6.45, 7) is 8.79. The fourth-order valence-corrected chi connectivity index (χ4v) is 4.06. The highest BCUT2D eigenvalue weighted by atomic mass is 28.3. The number of methoxy groups -OCH3 is 1. The molecule has 1 atom stereocenters. The summed E-state index contributed by atoms with van der Waals surface area (Å²) < 4.78 is 5.20. The molecular formula is C24H29NO2Si. The molecule has 1 aliphatic rings. The van der Waals surface area contributed by atoms with Crippen molar-refractivity contribution in [3.63, 3.8) is 0 Å². The predicted octanol–water partition coefficient (Wildman–Crippen LogP) is 5.11. The SMILES string of the molecule is CCC(C(=O)C1(c2ccc(OC)cn2)CC1)c1cccc(C#C[Si](C)(C)C)c1. The maximum atomic E-state index is 13.5. The van der Waals surface area contributed by atoms with E-state index in [-0.39, 0.29) is 11.7 Å². The number of Topliss-reactive ketones (excluding diaryl/α,β-unsaturated/α-hetero) is 1. The molecule has 1 aromatic carbocycles. The highest BCUT2D eigenvalue weighted by Crippen LogP contribution is 2.51.